The van der Waals surface area contributed by atoms with Crippen LogP contribution in [0, 0.1) is 5.92 Å². The fourth-order valence-electron chi connectivity index (χ4n) is 2.49. The van der Waals surface area contributed by atoms with Gasteiger partial charge in [0.2, 0.25) is 0 Å². The Morgan fingerprint density at radius 2 is 1.89 bits per heavy atom. The molecular weight excluding hydrogens is 234 g/mol. The lowest BCUT2D eigenvalue weighted by atomic mass is 9.97. The summed E-state index contributed by atoms with van der Waals surface area (Å²) >= 11 is 0. The fraction of sp³-hybridized carbons (Fsp3) is 0.588. The third-order valence-corrected chi connectivity index (χ3v) is 3.73. The molecule has 0 fully saturated rings. The van der Waals surface area contributed by atoms with Crippen LogP contribution in [0.4, 0.5) is 0 Å². The minimum Gasteiger partial charge on any atom is -0.441 e. The topological polar surface area (TPSA) is 26.0 Å². The van der Waals surface area contributed by atoms with Gasteiger partial charge in [-0.15, -0.1) is 0 Å². The monoisotopic (exact) mass is 259 g/mol. The molecule has 0 aliphatic carbocycles. The molecule has 2 rings (SSSR count). The predicted octanol–water partition coefficient (Wildman–Crippen LogP) is 5.37. The van der Waals surface area contributed by atoms with E-state index in [0.29, 0.717) is 0 Å². The fourth-order valence-corrected chi connectivity index (χ4v) is 2.49. The Morgan fingerprint density at radius 3 is 2.68 bits per heavy atom. The van der Waals surface area contributed by atoms with Crippen molar-refractivity contribution in [1.82, 2.24) is 4.98 Å². The maximum Gasteiger partial charge on any atom is 0.195 e. The van der Waals surface area contributed by atoms with Gasteiger partial charge in [0.05, 0.1) is 0 Å². The molecule has 0 amide bonds. The number of fused-ring (bicyclic) bond motifs is 1. The summed E-state index contributed by atoms with van der Waals surface area (Å²) in [4.78, 5) is 4.51. The van der Waals surface area contributed by atoms with Crippen LogP contribution >= 0.6 is 0 Å². The van der Waals surface area contributed by atoms with Crippen molar-refractivity contribution in [2.45, 2.75) is 58.8 Å². The summed E-state index contributed by atoms with van der Waals surface area (Å²) < 4.78 is 5.73. The number of benzene rings is 1. The maximum absolute atomic E-state index is 5.73. The summed E-state index contributed by atoms with van der Waals surface area (Å²) in [5.41, 5.74) is 1.89. The van der Waals surface area contributed by atoms with Gasteiger partial charge >= 0.3 is 0 Å². The number of unbranched alkanes of at least 4 members (excludes halogenated alkanes) is 2. The highest BCUT2D eigenvalue weighted by Gasteiger charge is 2.05. The minimum atomic E-state index is 0.864. The lowest BCUT2D eigenvalue weighted by Crippen LogP contribution is -1.95. The van der Waals surface area contributed by atoms with E-state index in [4.69, 9.17) is 4.42 Å². The summed E-state index contributed by atoms with van der Waals surface area (Å²) in [6.45, 7) is 4.63. The molecular formula is C17H25NO. The van der Waals surface area contributed by atoms with Crippen LogP contribution in [0.1, 0.15) is 58.3 Å². The van der Waals surface area contributed by atoms with E-state index in [1.807, 2.05) is 24.3 Å². The van der Waals surface area contributed by atoms with E-state index in [1.54, 1.807) is 0 Å². The van der Waals surface area contributed by atoms with Crippen molar-refractivity contribution < 1.29 is 4.42 Å². The molecule has 0 saturated heterocycles. The zero-order chi connectivity index (χ0) is 13.5. The highest BCUT2D eigenvalue weighted by atomic mass is 16.3. The molecule has 0 spiro atoms. The Balaban J connectivity index is 1.70. The molecule has 0 N–H and O–H groups in total. The summed E-state index contributed by atoms with van der Waals surface area (Å²) in [5.74, 6) is 1.76. The minimum absolute atomic E-state index is 0.864. The first kappa shape index (κ1) is 14.1. The van der Waals surface area contributed by atoms with Crippen molar-refractivity contribution in [3.05, 3.63) is 30.2 Å². The van der Waals surface area contributed by atoms with Crippen LogP contribution in [0.25, 0.3) is 11.1 Å². The summed E-state index contributed by atoms with van der Waals surface area (Å²) in [6, 6.07) is 7.99. The largest absolute Gasteiger partial charge is 0.441 e. The molecule has 104 valence electrons. The first-order valence-corrected chi connectivity index (χ1v) is 7.64. The molecule has 2 nitrogen and oxygen atoms in total. The van der Waals surface area contributed by atoms with Gasteiger partial charge in [-0.3, -0.25) is 0 Å². The van der Waals surface area contributed by atoms with Crippen LogP contribution < -0.4 is 0 Å². The molecule has 1 unspecified atom stereocenters. The molecule has 1 aromatic carbocycles. The highest BCUT2D eigenvalue weighted by molar-refractivity contribution is 5.72. The predicted molar refractivity (Wildman–Crippen MR) is 80.3 cm³/mol. The molecule has 1 aromatic heterocycles. The number of nitrogens with zero attached hydrogens (tertiary/aromatic N) is 1. The SMILES string of the molecule is CCCCC(C)CCCCc1nc2ccccc2o1. The second-order valence-corrected chi connectivity index (χ2v) is 5.57. The lowest BCUT2D eigenvalue weighted by molar-refractivity contribution is 0.438. The smallest absolute Gasteiger partial charge is 0.195 e. The third kappa shape index (κ3) is 4.38. The number of para-hydroxylation sites is 2. The van der Waals surface area contributed by atoms with Crippen LogP contribution in [0.5, 0.6) is 0 Å². The van der Waals surface area contributed by atoms with Gasteiger partial charge in [0.1, 0.15) is 5.52 Å². The Morgan fingerprint density at radius 1 is 1.11 bits per heavy atom. The van der Waals surface area contributed by atoms with E-state index in [1.165, 1.54) is 38.5 Å². The van der Waals surface area contributed by atoms with Gasteiger partial charge in [0.25, 0.3) is 0 Å². The van der Waals surface area contributed by atoms with E-state index < -0.39 is 0 Å². The van der Waals surface area contributed by atoms with Crippen LogP contribution in [-0.4, -0.2) is 4.98 Å². The van der Waals surface area contributed by atoms with Crippen molar-refractivity contribution in [2.24, 2.45) is 5.92 Å². The number of aromatic nitrogens is 1. The van der Waals surface area contributed by atoms with E-state index >= 15 is 0 Å². The zero-order valence-electron chi connectivity index (χ0n) is 12.2. The van der Waals surface area contributed by atoms with Crippen LogP contribution in [0.2, 0.25) is 0 Å². The van der Waals surface area contributed by atoms with Crippen molar-refractivity contribution in [3.8, 4) is 0 Å². The van der Waals surface area contributed by atoms with Crippen LogP contribution in [0.3, 0.4) is 0 Å². The lowest BCUT2D eigenvalue weighted by Gasteiger charge is -2.09. The molecule has 1 atom stereocenters. The van der Waals surface area contributed by atoms with E-state index in [9.17, 15) is 0 Å². The summed E-state index contributed by atoms with van der Waals surface area (Å²) in [5, 5.41) is 0. The van der Waals surface area contributed by atoms with Crippen molar-refractivity contribution in [1.29, 1.82) is 0 Å². The van der Waals surface area contributed by atoms with Crippen molar-refractivity contribution in [3.63, 3.8) is 0 Å². The molecule has 0 bridgehead atoms. The Hall–Kier alpha value is -1.31. The third-order valence-electron chi connectivity index (χ3n) is 3.73. The number of rotatable bonds is 8. The first-order chi connectivity index (χ1) is 9.29. The van der Waals surface area contributed by atoms with E-state index in [2.05, 4.69) is 18.8 Å². The number of aryl methyl sites for hydroxylation is 1. The second-order valence-electron chi connectivity index (χ2n) is 5.57. The number of oxazole rings is 1. The normalized spacial score (nSPS) is 12.9. The van der Waals surface area contributed by atoms with Gasteiger partial charge in [-0.25, -0.2) is 4.98 Å². The molecule has 2 aromatic rings. The average molecular weight is 259 g/mol. The van der Waals surface area contributed by atoms with Gasteiger partial charge in [-0.2, -0.15) is 0 Å². The molecule has 19 heavy (non-hydrogen) atoms. The van der Waals surface area contributed by atoms with E-state index in [0.717, 1.165) is 29.3 Å². The van der Waals surface area contributed by atoms with Gasteiger partial charge < -0.3 is 4.42 Å². The molecule has 0 aliphatic rings. The standard InChI is InChI=1S/C17H25NO/c1-3-4-9-14(2)10-5-8-13-17-18-15-11-6-7-12-16(15)19-17/h6-7,11-12,14H,3-5,8-10,13H2,1-2H3. The van der Waals surface area contributed by atoms with Crippen molar-refractivity contribution in [2.75, 3.05) is 0 Å². The molecule has 2 heteroatoms. The Bertz CT molecular complexity index is 456. The number of hydrogen-bond donors (Lipinski definition) is 0. The van der Waals surface area contributed by atoms with Crippen LogP contribution in [-0.2, 0) is 6.42 Å². The average Bonchev–Trinajstić information content (AvgIpc) is 2.84. The molecule has 0 saturated carbocycles. The Labute approximate surface area is 116 Å². The second kappa shape index (κ2) is 7.32. The quantitative estimate of drug-likeness (QED) is 0.596. The van der Waals surface area contributed by atoms with Gasteiger partial charge in [-0.1, -0.05) is 58.1 Å². The van der Waals surface area contributed by atoms with Gasteiger partial charge in [0, 0.05) is 6.42 Å². The number of hydrogen-bond acceptors (Lipinski definition) is 2. The van der Waals surface area contributed by atoms with Gasteiger partial charge in [0.15, 0.2) is 11.5 Å². The van der Waals surface area contributed by atoms with Crippen LogP contribution in [0.15, 0.2) is 28.7 Å². The molecule has 1 heterocycles. The maximum atomic E-state index is 5.73. The summed E-state index contributed by atoms with van der Waals surface area (Å²) in [7, 11) is 0. The first-order valence-electron chi connectivity index (χ1n) is 7.64. The van der Waals surface area contributed by atoms with Crippen molar-refractivity contribution >= 4 is 11.1 Å². The molecule has 0 aliphatic heterocycles. The van der Waals surface area contributed by atoms with E-state index in [-0.39, 0.29) is 0 Å². The highest BCUT2D eigenvalue weighted by Crippen LogP contribution is 2.18. The molecule has 0 radical (unpaired) electrons. The summed E-state index contributed by atoms with van der Waals surface area (Å²) in [6.07, 6.45) is 8.82. The zero-order valence-corrected chi connectivity index (χ0v) is 12.2. The van der Waals surface area contributed by atoms with Gasteiger partial charge in [-0.05, 0) is 24.5 Å². The Kier molecular flexibility index (Phi) is 5.44.